The molecule has 21 heavy (non-hydrogen) atoms. The van der Waals surface area contributed by atoms with E-state index < -0.39 is 6.61 Å². The Kier molecular flexibility index (Phi) is 9.65. The van der Waals surface area contributed by atoms with E-state index in [1.165, 1.54) is 6.07 Å². The van der Waals surface area contributed by atoms with Gasteiger partial charge in [-0.15, -0.1) is 12.4 Å². The number of alkyl halides is 2. The number of rotatable bonds is 8. The second-order valence-corrected chi connectivity index (χ2v) is 4.47. The van der Waals surface area contributed by atoms with E-state index in [0.29, 0.717) is 12.0 Å². The van der Waals surface area contributed by atoms with Gasteiger partial charge in [0, 0.05) is 18.5 Å². The molecule has 0 bridgehead atoms. The van der Waals surface area contributed by atoms with Crippen LogP contribution in [0.5, 0.6) is 5.75 Å². The quantitative estimate of drug-likeness (QED) is 0.723. The van der Waals surface area contributed by atoms with Gasteiger partial charge in [0.1, 0.15) is 5.75 Å². The third-order valence-electron chi connectivity index (χ3n) is 2.74. The number of hydrogen-bond donors (Lipinski definition) is 2. The fraction of sp³-hybridized carbons (Fsp3) is 0.500. The molecule has 120 valence electrons. The number of hydrogen-bond acceptors (Lipinski definition) is 3. The number of carbonyl (C=O) groups excluding carboxylic acids is 1. The first-order valence-corrected chi connectivity index (χ1v) is 6.48. The lowest BCUT2D eigenvalue weighted by Gasteiger charge is -2.12. The van der Waals surface area contributed by atoms with Crippen molar-refractivity contribution in [3.8, 4) is 5.75 Å². The van der Waals surface area contributed by atoms with E-state index in [0.717, 1.165) is 18.5 Å². The molecule has 0 saturated carbocycles. The van der Waals surface area contributed by atoms with Crippen LogP contribution in [0.15, 0.2) is 18.2 Å². The summed E-state index contributed by atoms with van der Waals surface area (Å²) in [6.07, 6.45) is 1.13. The summed E-state index contributed by atoms with van der Waals surface area (Å²) in [6.45, 7) is -0.0767. The summed E-state index contributed by atoms with van der Waals surface area (Å²) in [5.74, 6) is -0.00845. The minimum absolute atomic E-state index is 0. The Labute approximate surface area is 129 Å². The first kappa shape index (κ1) is 19.6. The maximum Gasteiger partial charge on any atom is 0.387 e. The van der Waals surface area contributed by atoms with Gasteiger partial charge in [-0.05, 0) is 33.0 Å². The number of amides is 1. The third-order valence-corrected chi connectivity index (χ3v) is 2.74. The molecule has 0 atom stereocenters. The minimum atomic E-state index is -2.87. The molecule has 0 aromatic heterocycles. The van der Waals surface area contributed by atoms with Gasteiger partial charge in [-0.1, -0.05) is 17.7 Å². The Morgan fingerprint density at radius 1 is 1.38 bits per heavy atom. The lowest BCUT2D eigenvalue weighted by atomic mass is 10.1. The molecule has 0 spiro atoms. The van der Waals surface area contributed by atoms with Crippen molar-refractivity contribution in [3.63, 3.8) is 0 Å². The van der Waals surface area contributed by atoms with Crippen LogP contribution in [0, 0.1) is 6.92 Å². The maximum atomic E-state index is 12.3. The van der Waals surface area contributed by atoms with E-state index in [1.807, 2.05) is 14.0 Å². The normalized spacial score (nSPS) is 10.1. The van der Waals surface area contributed by atoms with Crippen LogP contribution < -0.4 is 15.4 Å². The molecule has 2 N–H and O–H groups in total. The average Bonchev–Trinajstić information content (AvgIpc) is 2.39. The predicted octanol–water partition coefficient (Wildman–Crippen LogP) is 2.63. The molecule has 0 radical (unpaired) electrons. The molecule has 4 nitrogen and oxygen atoms in total. The summed E-state index contributed by atoms with van der Waals surface area (Å²) in [5, 5.41) is 5.66. The summed E-state index contributed by atoms with van der Waals surface area (Å²) < 4.78 is 29.0. The summed E-state index contributed by atoms with van der Waals surface area (Å²) in [6, 6.07) is 4.91. The summed E-state index contributed by atoms with van der Waals surface area (Å²) in [7, 11) is 1.82. The van der Waals surface area contributed by atoms with Crippen LogP contribution in [0.25, 0.3) is 0 Å². The van der Waals surface area contributed by atoms with E-state index >= 15 is 0 Å². The highest BCUT2D eigenvalue weighted by Crippen LogP contribution is 2.21. The standard InChI is InChI=1S/C14H20F2N2O2.ClH/c1-10-5-6-12(20-14(15)16)11(8-10)9-18-13(19)4-3-7-17-2;/h5-6,8,14,17H,3-4,7,9H2,1-2H3,(H,18,19);1H. The smallest absolute Gasteiger partial charge is 0.387 e. The zero-order valence-electron chi connectivity index (χ0n) is 12.1. The summed E-state index contributed by atoms with van der Waals surface area (Å²) in [4.78, 5) is 11.6. The van der Waals surface area contributed by atoms with Gasteiger partial charge in [0.25, 0.3) is 0 Å². The molecule has 1 rings (SSSR count). The number of benzene rings is 1. The molecule has 7 heteroatoms. The van der Waals surface area contributed by atoms with Gasteiger partial charge in [-0.2, -0.15) is 8.78 Å². The van der Waals surface area contributed by atoms with Gasteiger partial charge in [-0.3, -0.25) is 4.79 Å². The molecule has 1 aromatic rings. The third kappa shape index (κ3) is 7.82. The van der Waals surface area contributed by atoms with Gasteiger partial charge in [0.15, 0.2) is 0 Å². The maximum absolute atomic E-state index is 12.3. The average molecular weight is 323 g/mol. The Morgan fingerprint density at radius 2 is 2.10 bits per heavy atom. The number of carbonyl (C=O) groups is 1. The fourth-order valence-corrected chi connectivity index (χ4v) is 1.77. The molecular weight excluding hydrogens is 302 g/mol. The van der Waals surface area contributed by atoms with E-state index in [9.17, 15) is 13.6 Å². The Balaban J connectivity index is 0.00000400. The van der Waals surface area contributed by atoms with Crippen molar-refractivity contribution >= 4 is 18.3 Å². The highest BCUT2D eigenvalue weighted by molar-refractivity contribution is 5.85. The monoisotopic (exact) mass is 322 g/mol. The number of halogens is 3. The first-order chi connectivity index (χ1) is 9.52. The van der Waals surface area contributed by atoms with Gasteiger partial charge < -0.3 is 15.4 Å². The Hall–Kier alpha value is -1.40. The van der Waals surface area contributed by atoms with Crippen molar-refractivity contribution in [2.24, 2.45) is 0 Å². The minimum Gasteiger partial charge on any atom is -0.434 e. The van der Waals surface area contributed by atoms with Crippen molar-refractivity contribution in [2.45, 2.75) is 32.9 Å². The topological polar surface area (TPSA) is 50.4 Å². The van der Waals surface area contributed by atoms with E-state index in [1.54, 1.807) is 12.1 Å². The largest absolute Gasteiger partial charge is 0.434 e. The van der Waals surface area contributed by atoms with Crippen LogP contribution >= 0.6 is 12.4 Å². The van der Waals surface area contributed by atoms with Crippen molar-refractivity contribution in [1.29, 1.82) is 0 Å². The van der Waals surface area contributed by atoms with Gasteiger partial charge in [0.2, 0.25) is 5.91 Å². The Bertz CT molecular complexity index is 445. The Morgan fingerprint density at radius 3 is 2.71 bits per heavy atom. The van der Waals surface area contributed by atoms with Gasteiger partial charge in [-0.25, -0.2) is 0 Å². The molecule has 1 aromatic carbocycles. The molecule has 0 aliphatic heterocycles. The summed E-state index contributed by atoms with van der Waals surface area (Å²) in [5.41, 5.74) is 1.47. The van der Waals surface area contributed by atoms with Crippen molar-refractivity contribution in [3.05, 3.63) is 29.3 Å². The van der Waals surface area contributed by atoms with Crippen LogP contribution in [0.2, 0.25) is 0 Å². The lowest BCUT2D eigenvalue weighted by molar-refractivity contribution is -0.121. The number of aryl methyl sites for hydroxylation is 1. The highest BCUT2D eigenvalue weighted by atomic mass is 35.5. The molecular formula is C14H21ClF2N2O2. The number of ether oxygens (including phenoxy) is 1. The zero-order chi connectivity index (χ0) is 15.0. The van der Waals surface area contributed by atoms with Gasteiger partial charge in [0.05, 0.1) is 0 Å². The molecule has 0 saturated heterocycles. The summed E-state index contributed by atoms with van der Waals surface area (Å²) >= 11 is 0. The van der Waals surface area contributed by atoms with Crippen molar-refractivity contribution < 1.29 is 18.3 Å². The second kappa shape index (κ2) is 10.3. The van der Waals surface area contributed by atoms with Crippen LogP contribution in [-0.2, 0) is 11.3 Å². The molecule has 0 aliphatic carbocycles. The van der Waals surface area contributed by atoms with Crippen LogP contribution in [-0.4, -0.2) is 26.1 Å². The van der Waals surface area contributed by atoms with Crippen LogP contribution in [0.4, 0.5) is 8.78 Å². The molecule has 0 fully saturated rings. The van der Waals surface area contributed by atoms with E-state index in [2.05, 4.69) is 15.4 Å². The molecule has 1 amide bonds. The number of nitrogens with one attached hydrogen (secondary N) is 2. The van der Waals surface area contributed by atoms with Crippen LogP contribution in [0.1, 0.15) is 24.0 Å². The zero-order valence-corrected chi connectivity index (χ0v) is 12.9. The molecule has 0 unspecified atom stereocenters. The second-order valence-electron chi connectivity index (χ2n) is 4.47. The van der Waals surface area contributed by atoms with E-state index in [4.69, 9.17) is 0 Å². The first-order valence-electron chi connectivity index (χ1n) is 6.48. The van der Waals surface area contributed by atoms with Crippen molar-refractivity contribution in [1.82, 2.24) is 10.6 Å². The SMILES string of the molecule is CNCCCC(=O)NCc1cc(C)ccc1OC(F)F.Cl. The predicted molar refractivity (Wildman–Crippen MR) is 80.1 cm³/mol. The fourth-order valence-electron chi connectivity index (χ4n) is 1.77. The van der Waals surface area contributed by atoms with Crippen molar-refractivity contribution in [2.75, 3.05) is 13.6 Å². The van der Waals surface area contributed by atoms with E-state index in [-0.39, 0.29) is 30.6 Å². The molecule has 0 aliphatic rings. The molecule has 0 heterocycles. The van der Waals surface area contributed by atoms with Gasteiger partial charge >= 0.3 is 6.61 Å². The lowest BCUT2D eigenvalue weighted by Crippen LogP contribution is -2.24. The highest BCUT2D eigenvalue weighted by Gasteiger charge is 2.10. The van der Waals surface area contributed by atoms with Crippen LogP contribution in [0.3, 0.4) is 0 Å².